The highest BCUT2D eigenvalue weighted by Gasteiger charge is 2.09. The summed E-state index contributed by atoms with van der Waals surface area (Å²) in [6, 6.07) is 12.2. The topological polar surface area (TPSA) is 38.3 Å². The molecule has 1 N–H and O–H groups in total. The van der Waals surface area contributed by atoms with E-state index in [0.717, 1.165) is 34.8 Å². The molecule has 0 aliphatic heterocycles. The van der Waals surface area contributed by atoms with Crippen LogP contribution in [0.15, 0.2) is 36.4 Å². The number of benzene rings is 2. The zero-order chi connectivity index (χ0) is 21.2. The number of ether oxygens (including phenoxy) is 1. The molecular formula is C24H32ClNO2S. The third-order valence-corrected chi connectivity index (χ3v) is 6.19. The quantitative estimate of drug-likeness (QED) is 0.431. The Morgan fingerprint density at radius 3 is 2.76 bits per heavy atom. The van der Waals surface area contributed by atoms with Gasteiger partial charge in [-0.15, -0.1) is 0 Å². The molecule has 1 amide bonds. The third-order valence-electron chi connectivity index (χ3n) is 4.61. The van der Waals surface area contributed by atoms with Gasteiger partial charge in [-0.25, -0.2) is 0 Å². The van der Waals surface area contributed by atoms with Gasteiger partial charge in [-0.3, -0.25) is 4.79 Å². The van der Waals surface area contributed by atoms with Crippen molar-refractivity contribution in [2.24, 2.45) is 5.92 Å². The third kappa shape index (κ3) is 7.94. The highest BCUT2D eigenvalue weighted by Crippen LogP contribution is 2.32. The highest BCUT2D eigenvalue weighted by atomic mass is 35.5. The lowest BCUT2D eigenvalue weighted by atomic mass is 9.95. The molecule has 2 aromatic rings. The van der Waals surface area contributed by atoms with Gasteiger partial charge in [0.15, 0.2) is 0 Å². The normalized spacial score (nSPS) is 11.0. The van der Waals surface area contributed by atoms with Crippen molar-refractivity contribution in [3.05, 3.63) is 52.5 Å². The van der Waals surface area contributed by atoms with Gasteiger partial charge in [-0.2, -0.15) is 11.8 Å². The van der Waals surface area contributed by atoms with Crippen molar-refractivity contribution in [1.82, 2.24) is 5.32 Å². The molecule has 2 aromatic carbocycles. The summed E-state index contributed by atoms with van der Waals surface area (Å²) < 4.78 is 5.95. The number of nitrogens with one attached hydrogen (secondary N) is 1. The van der Waals surface area contributed by atoms with E-state index in [1.807, 2.05) is 30.8 Å². The van der Waals surface area contributed by atoms with Gasteiger partial charge >= 0.3 is 0 Å². The van der Waals surface area contributed by atoms with Crippen molar-refractivity contribution < 1.29 is 9.53 Å². The molecule has 0 spiro atoms. The van der Waals surface area contributed by atoms with E-state index >= 15 is 0 Å². The summed E-state index contributed by atoms with van der Waals surface area (Å²) >= 11 is 8.29. The molecule has 2 rings (SSSR count). The maximum atomic E-state index is 11.5. The smallest absolute Gasteiger partial charge is 0.219 e. The second-order valence-corrected chi connectivity index (χ2v) is 9.12. The summed E-state index contributed by atoms with van der Waals surface area (Å²) in [5.41, 5.74) is 4.63. The van der Waals surface area contributed by atoms with E-state index in [1.165, 1.54) is 11.1 Å². The summed E-state index contributed by atoms with van der Waals surface area (Å²) in [7, 11) is 0. The molecule has 0 heterocycles. The molecule has 158 valence electrons. The predicted octanol–water partition coefficient (Wildman–Crippen LogP) is 6.15. The Hall–Kier alpha value is -1.65. The number of rotatable bonds is 11. The van der Waals surface area contributed by atoms with Crippen molar-refractivity contribution in [2.75, 3.05) is 24.7 Å². The first-order chi connectivity index (χ1) is 13.9. The summed E-state index contributed by atoms with van der Waals surface area (Å²) in [4.78, 5) is 11.5. The Kier molecular flexibility index (Phi) is 9.89. The van der Waals surface area contributed by atoms with Crippen LogP contribution in [0.3, 0.4) is 0 Å². The van der Waals surface area contributed by atoms with Gasteiger partial charge in [0.2, 0.25) is 5.91 Å². The standard InChI is InChI=1S/C24H32ClNO2S/c1-5-24(27)26-10-9-19-7-6-8-23(18(19)4)20-13-21(25)15-22(14-20)28-11-12-29-16-17(2)3/h6-8,13-15,17H,5,9-12,16H2,1-4H3,(H,26,27). The van der Waals surface area contributed by atoms with Crippen LogP contribution in [0.4, 0.5) is 0 Å². The first-order valence-electron chi connectivity index (χ1n) is 10.3. The Bertz CT molecular complexity index is 807. The van der Waals surface area contributed by atoms with Gasteiger partial charge in [-0.1, -0.05) is 50.6 Å². The molecule has 5 heteroatoms. The van der Waals surface area contributed by atoms with Crippen molar-refractivity contribution in [3.63, 3.8) is 0 Å². The van der Waals surface area contributed by atoms with E-state index in [-0.39, 0.29) is 5.91 Å². The second-order valence-electron chi connectivity index (χ2n) is 7.54. The zero-order valence-electron chi connectivity index (χ0n) is 17.9. The monoisotopic (exact) mass is 433 g/mol. The molecule has 0 fully saturated rings. The summed E-state index contributed by atoms with van der Waals surface area (Å²) in [6.07, 6.45) is 1.32. The molecule has 0 bridgehead atoms. The summed E-state index contributed by atoms with van der Waals surface area (Å²) in [5, 5.41) is 3.62. The van der Waals surface area contributed by atoms with Crippen LogP contribution in [-0.2, 0) is 11.2 Å². The predicted molar refractivity (Wildman–Crippen MR) is 126 cm³/mol. The molecule has 0 radical (unpaired) electrons. The average molecular weight is 434 g/mol. The fourth-order valence-electron chi connectivity index (χ4n) is 3.07. The fraction of sp³-hybridized carbons (Fsp3) is 0.458. The van der Waals surface area contributed by atoms with E-state index in [9.17, 15) is 4.79 Å². The maximum Gasteiger partial charge on any atom is 0.219 e. The number of halogens is 1. The Labute approximate surface area is 184 Å². The minimum Gasteiger partial charge on any atom is -0.493 e. The summed E-state index contributed by atoms with van der Waals surface area (Å²) in [6.45, 7) is 9.76. The number of thioether (sulfide) groups is 1. The zero-order valence-corrected chi connectivity index (χ0v) is 19.5. The minimum absolute atomic E-state index is 0.0852. The molecule has 0 unspecified atom stereocenters. The van der Waals surface area contributed by atoms with E-state index in [1.54, 1.807) is 0 Å². The van der Waals surface area contributed by atoms with Crippen LogP contribution < -0.4 is 10.1 Å². The lowest BCUT2D eigenvalue weighted by molar-refractivity contribution is -0.120. The van der Waals surface area contributed by atoms with Crippen LogP contribution in [0.2, 0.25) is 5.02 Å². The Balaban J connectivity index is 2.08. The molecule has 0 aromatic heterocycles. The van der Waals surface area contributed by atoms with Crippen LogP contribution >= 0.6 is 23.4 Å². The summed E-state index contributed by atoms with van der Waals surface area (Å²) in [5.74, 6) is 3.70. The van der Waals surface area contributed by atoms with Crippen LogP contribution in [-0.4, -0.2) is 30.6 Å². The van der Waals surface area contributed by atoms with Crippen LogP contribution in [0.25, 0.3) is 11.1 Å². The van der Waals surface area contributed by atoms with E-state index in [4.69, 9.17) is 16.3 Å². The van der Waals surface area contributed by atoms with Gasteiger partial charge in [-0.05, 0) is 65.5 Å². The molecule has 29 heavy (non-hydrogen) atoms. The fourth-order valence-corrected chi connectivity index (χ4v) is 4.13. The number of hydrogen-bond donors (Lipinski definition) is 1. The van der Waals surface area contributed by atoms with E-state index < -0.39 is 0 Å². The molecule has 0 aliphatic carbocycles. The largest absolute Gasteiger partial charge is 0.493 e. The molecule has 0 atom stereocenters. The SMILES string of the molecule is CCC(=O)NCCc1cccc(-c2cc(Cl)cc(OCCSCC(C)C)c2)c1C. The van der Waals surface area contributed by atoms with Gasteiger partial charge in [0.25, 0.3) is 0 Å². The lowest BCUT2D eigenvalue weighted by Crippen LogP contribution is -2.24. The van der Waals surface area contributed by atoms with Gasteiger partial charge in [0, 0.05) is 23.7 Å². The van der Waals surface area contributed by atoms with Crippen LogP contribution in [0, 0.1) is 12.8 Å². The van der Waals surface area contributed by atoms with Crippen molar-refractivity contribution in [2.45, 2.75) is 40.5 Å². The van der Waals surface area contributed by atoms with Crippen molar-refractivity contribution in [3.8, 4) is 16.9 Å². The molecular weight excluding hydrogens is 402 g/mol. The molecule has 0 aliphatic rings. The van der Waals surface area contributed by atoms with E-state index in [2.05, 4.69) is 50.4 Å². The van der Waals surface area contributed by atoms with Crippen molar-refractivity contribution >= 4 is 29.3 Å². The minimum atomic E-state index is 0.0852. The first-order valence-corrected chi connectivity index (χ1v) is 11.8. The molecule has 0 saturated heterocycles. The average Bonchev–Trinajstić information content (AvgIpc) is 2.68. The molecule has 3 nitrogen and oxygen atoms in total. The Morgan fingerprint density at radius 1 is 1.24 bits per heavy atom. The number of amides is 1. The van der Waals surface area contributed by atoms with Gasteiger partial charge in [0.05, 0.1) is 6.61 Å². The van der Waals surface area contributed by atoms with Crippen LogP contribution in [0.1, 0.15) is 38.3 Å². The number of hydrogen-bond acceptors (Lipinski definition) is 3. The number of carbonyl (C=O) groups is 1. The second kappa shape index (κ2) is 12.1. The van der Waals surface area contributed by atoms with Crippen molar-refractivity contribution in [1.29, 1.82) is 0 Å². The molecule has 0 saturated carbocycles. The Morgan fingerprint density at radius 2 is 2.03 bits per heavy atom. The van der Waals surface area contributed by atoms with Crippen LogP contribution in [0.5, 0.6) is 5.75 Å². The maximum absolute atomic E-state index is 11.5. The first kappa shape index (κ1) is 23.6. The lowest BCUT2D eigenvalue weighted by Gasteiger charge is -2.14. The van der Waals surface area contributed by atoms with E-state index in [0.29, 0.717) is 30.5 Å². The van der Waals surface area contributed by atoms with Gasteiger partial charge in [0.1, 0.15) is 5.75 Å². The van der Waals surface area contributed by atoms with Gasteiger partial charge < -0.3 is 10.1 Å². The highest BCUT2D eigenvalue weighted by molar-refractivity contribution is 7.99. The number of carbonyl (C=O) groups excluding carboxylic acids is 1.